The van der Waals surface area contributed by atoms with Crippen molar-refractivity contribution in [3.05, 3.63) is 88.9 Å². The van der Waals surface area contributed by atoms with Crippen LogP contribution in [0.15, 0.2) is 54.7 Å². The molecule has 4 nitrogen and oxygen atoms in total. The first kappa shape index (κ1) is 18.6. The summed E-state index contributed by atoms with van der Waals surface area (Å²) in [4.78, 5) is 17.7. The first-order chi connectivity index (χ1) is 14.5. The van der Waals surface area contributed by atoms with Gasteiger partial charge in [-0.2, -0.15) is 5.10 Å². The third-order valence-electron chi connectivity index (χ3n) is 5.74. The smallest absolute Gasteiger partial charge is 0.166 e. The molecular formula is C24H19F2N3O. The van der Waals surface area contributed by atoms with Crippen LogP contribution in [0.4, 0.5) is 8.78 Å². The lowest BCUT2D eigenvalue weighted by molar-refractivity contribution is 0.0962. The summed E-state index contributed by atoms with van der Waals surface area (Å²) in [5.41, 5.74) is 5.43. The number of hydrogen-bond donors (Lipinski definition) is 0. The quantitative estimate of drug-likeness (QED) is 0.475. The molecule has 1 unspecified atom stereocenters. The van der Waals surface area contributed by atoms with Gasteiger partial charge in [-0.25, -0.2) is 18.3 Å². The van der Waals surface area contributed by atoms with Crippen LogP contribution in [0.1, 0.15) is 46.6 Å². The lowest BCUT2D eigenvalue weighted by Crippen LogP contribution is -2.21. The second-order valence-electron chi connectivity index (χ2n) is 7.63. The highest BCUT2D eigenvalue weighted by atomic mass is 19.1. The number of aryl methyl sites for hydroxylation is 1. The zero-order valence-electron chi connectivity index (χ0n) is 16.4. The van der Waals surface area contributed by atoms with Crippen molar-refractivity contribution in [2.75, 3.05) is 0 Å². The zero-order chi connectivity index (χ0) is 20.8. The summed E-state index contributed by atoms with van der Waals surface area (Å²) < 4.78 is 28.4. The molecule has 0 N–H and O–H groups in total. The first-order valence-corrected chi connectivity index (χ1v) is 9.99. The van der Waals surface area contributed by atoms with Crippen LogP contribution in [0, 0.1) is 11.6 Å². The SMILES string of the molecule is CCc1nn2cc3c(nc2c1-c1ccc(F)cc1)CC(c1ccc(F)cc1)CC3=O. The molecule has 0 bridgehead atoms. The maximum absolute atomic E-state index is 13.4. The number of hydrogen-bond acceptors (Lipinski definition) is 3. The van der Waals surface area contributed by atoms with Crippen LogP contribution < -0.4 is 0 Å². The Hall–Kier alpha value is -3.41. The molecule has 6 heteroatoms. The number of aromatic nitrogens is 3. The van der Waals surface area contributed by atoms with Crippen molar-refractivity contribution in [3.8, 4) is 11.1 Å². The van der Waals surface area contributed by atoms with E-state index in [9.17, 15) is 13.6 Å². The molecule has 1 atom stereocenters. The van der Waals surface area contributed by atoms with E-state index >= 15 is 0 Å². The van der Waals surface area contributed by atoms with Gasteiger partial charge in [0.25, 0.3) is 0 Å². The summed E-state index contributed by atoms with van der Waals surface area (Å²) in [6, 6.07) is 12.6. The number of nitrogens with zero attached hydrogens (tertiary/aromatic N) is 3. The minimum absolute atomic E-state index is 0.0110. The monoisotopic (exact) mass is 403 g/mol. The zero-order valence-corrected chi connectivity index (χ0v) is 16.4. The van der Waals surface area contributed by atoms with Crippen LogP contribution in [0.3, 0.4) is 0 Å². The van der Waals surface area contributed by atoms with E-state index in [1.807, 2.05) is 6.92 Å². The van der Waals surface area contributed by atoms with Gasteiger partial charge in [-0.1, -0.05) is 31.2 Å². The summed E-state index contributed by atoms with van der Waals surface area (Å²) in [7, 11) is 0. The van der Waals surface area contributed by atoms with Gasteiger partial charge in [0.05, 0.1) is 17.0 Å². The molecular weight excluding hydrogens is 384 g/mol. The Kier molecular flexibility index (Phi) is 4.42. The minimum atomic E-state index is -0.300. The van der Waals surface area contributed by atoms with E-state index in [0.29, 0.717) is 30.5 Å². The van der Waals surface area contributed by atoms with Gasteiger partial charge in [0.1, 0.15) is 11.6 Å². The highest BCUT2D eigenvalue weighted by molar-refractivity contribution is 5.99. The molecule has 2 aromatic heterocycles. The number of fused-ring (bicyclic) bond motifs is 2. The van der Waals surface area contributed by atoms with Crippen LogP contribution in [0.2, 0.25) is 0 Å². The van der Waals surface area contributed by atoms with Crippen LogP contribution in [0.5, 0.6) is 0 Å². The Morgan fingerprint density at radius 1 is 1.00 bits per heavy atom. The number of carbonyl (C=O) groups excluding carboxylic acids is 1. The normalized spacial score (nSPS) is 16.1. The molecule has 0 aliphatic heterocycles. The van der Waals surface area contributed by atoms with Gasteiger partial charge < -0.3 is 0 Å². The Bertz CT molecular complexity index is 1260. The second kappa shape index (κ2) is 7.13. The molecule has 0 amide bonds. The van der Waals surface area contributed by atoms with E-state index in [2.05, 4.69) is 5.10 Å². The molecule has 2 heterocycles. The molecule has 0 radical (unpaired) electrons. The van der Waals surface area contributed by atoms with Crippen molar-refractivity contribution in [1.29, 1.82) is 0 Å². The largest absolute Gasteiger partial charge is 0.294 e. The number of rotatable bonds is 3. The fourth-order valence-electron chi connectivity index (χ4n) is 4.21. The van der Waals surface area contributed by atoms with Crippen molar-refractivity contribution < 1.29 is 13.6 Å². The van der Waals surface area contributed by atoms with Gasteiger partial charge in [-0.05, 0) is 54.2 Å². The third-order valence-corrected chi connectivity index (χ3v) is 5.74. The second-order valence-corrected chi connectivity index (χ2v) is 7.63. The van der Waals surface area contributed by atoms with Crippen LogP contribution in [0.25, 0.3) is 16.8 Å². The van der Waals surface area contributed by atoms with Crippen LogP contribution in [-0.2, 0) is 12.8 Å². The maximum atomic E-state index is 13.4. The van der Waals surface area contributed by atoms with Crippen molar-refractivity contribution in [2.45, 2.75) is 32.1 Å². The molecule has 4 aromatic rings. The molecule has 0 spiro atoms. The lowest BCUT2D eigenvalue weighted by atomic mass is 9.82. The highest BCUT2D eigenvalue weighted by Gasteiger charge is 2.29. The van der Waals surface area contributed by atoms with E-state index < -0.39 is 0 Å². The van der Waals surface area contributed by atoms with Gasteiger partial charge in [-0.3, -0.25) is 4.79 Å². The summed E-state index contributed by atoms with van der Waals surface area (Å²) >= 11 is 0. The fraction of sp³-hybridized carbons (Fsp3) is 0.208. The van der Waals surface area contributed by atoms with Gasteiger partial charge in [0.2, 0.25) is 0 Å². The summed E-state index contributed by atoms with van der Waals surface area (Å²) in [5.74, 6) is -0.622. The van der Waals surface area contributed by atoms with Crippen molar-refractivity contribution in [2.24, 2.45) is 0 Å². The third kappa shape index (κ3) is 3.09. The predicted molar refractivity (Wildman–Crippen MR) is 110 cm³/mol. The summed E-state index contributed by atoms with van der Waals surface area (Å²) in [5, 5.41) is 4.63. The highest BCUT2D eigenvalue weighted by Crippen LogP contribution is 2.34. The fourth-order valence-corrected chi connectivity index (χ4v) is 4.21. The number of ketones is 1. The van der Waals surface area contributed by atoms with E-state index in [0.717, 1.165) is 28.1 Å². The number of carbonyl (C=O) groups is 1. The molecule has 0 saturated carbocycles. The Labute approximate surface area is 172 Å². The van der Waals surface area contributed by atoms with Crippen molar-refractivity contribution in [1.82, 2.24) is 14.6 Å². The summed E-state index contributed by atoms with van der Waals surface area (Å²) in [6.07, 6.45) is 3.40. The lowest BCUT2D eigenvalue weighted by Gasteiger charge is -2.23. The molecule has 1 aliphatic rings. The maximum Gasteiger partial charge on any atom is 0.166 e. The number of Topliss-reactive ketones (excluding diaryl/α,β-unsaturated/α-hetero) is 1. The number of halogens is 2. The average molecular weight is 403 g/mol. The van der Waals surface area contributed by atoms with Gasteiger partial charge >= 0.3 is 0 Å². The van der Waals surface area contributed by atoms with E-state index in [1.165, 1.54) is 24.3 Å². The topological polar surface area (TPSA) is 47.3 Å². The molecule has 5 rings (SSSR count). The molecule has 2 aromatic carbocycles. The summed E-state index contributed by atoms with van der Waals surface area (Å²) in [6.45, 7) is 2.00. The van der Waals surface area contributed by atoms with E-state index in [4.69, 9.17) is 4.98 Å². The molecule has 150 valence electrons. The van der Waals surface area contributed by atoms with Crippen molar-refractivity contribution >= 4 is 11.4 Å². The van der Waals surface area contributed by atoms with Crippen molar-refractivity contribution in [3.63, 3.8) is 0 Å². The predicted octanol–water partition coefficient (Wildman–Crippen LogP) is 5.15. The Balaban J connectivity index is 1.63. The van der Waals surface area contributed by atoms with Crippen LogP contribution >= 0.6 is 0 Å². The van der Waals surface area contributed by atoms with Crippen LogP contribution in [-0.4, -0.2) is 20.4 Å². The van der Waals surface area contributed by atoms with E-state index in [-0.39, 0.29) is 23.3 Å². The molecule has 0 saturated heterocycles. The molecule has 1 aliphatic carbocycles. The Morgan fingerprint density at radius 3 is 2.33 bits per heavy atom. The molecule has 30 heavy (non-hydrogen) atoms. The first-order valence-electron chi connectivity index (χ1n) is 9.99. The standard InChI is InChI=1S/C24H19F2N3O/c1-2-20-23(15-5-9-18(26)10-6-15)24-27-21-11-16(14-3-7-17(25)8-4-14)12-22(30)19(21)13-29(24)28-20/h3-10,13,16H,2,11-12H2,1H3. The van der Waals surface area contributed by atoms with Gasteiger partial charge in [0, 0.05) is 18.2 Å². The number of benzene rings is 2. The minimum Gasteiger partial charge on any atom is -0.294 e. The van der Waals surface area contributed by atoms with E-state index in [1.54, 1.807) is 35.0 Å². The van der Waals surface area contributed by atoms with Gasteiger partial charge in [-0.15, -0.1) is 0 Å². The average Bonchev–Trinajstić information content (AvgIpc) is 3.11. The molecule has 0 fully saturated rings. The Morgan fingerprint density at radius 2 is 1.67 bits per heavy atom. The van der Waals surface area contributed by atoms with Gasteiger partial charge in [0.15, 0.2) is 11.4 Å².